The molecule has 2 atom stereocenters. The van der Waals surface area contributed by atoms with Crippen LogP contribution < -0.4 is 9.47 Å². The summed E-state index contributed by atoms with van der Waals surface area (Å²) in [7, 11) is 0. The molecule has 0 saturated heterocycles. The molecule has 0 radical (unpaired) electrons. The van der Waals surface area contributed by atoms with Crippen LogP contribution in [0.1, 0.15) is 117 Å². The second-order valence-corrected chi connectivity index (χ2v) is 10.5. The molecule has 2 unspecified atom stereocenters. The van der Waals surface area contributed by atoms with Crippen molar-refractivity contribution in [2.75, 3.05) is 13.2 Å². The first kappa shape index (κ1) is 31.2. The summed E-state index contributed by atoms with van der Waals surface area (Å²) in [5, 5.41) is 0. The summed E-state index contributed by atoms with van der Waals surface area (Å²) in [6.07, 6.45) is 20.6. The third-order valence-electron chi connectivity index (χ3n) is 6.96. The summed E-state index contributed by atoms with van der Waals surface area (Å²) in [6, 6.07) is 20.4. The predicted molar refractivity (Wildman–Crippen MR) is 158 cm³/mol. The lowest BCUT2D eigenvalue weighted by atomic mass is 10.1. The van der Waals surface area contributed by atoms with E-state index in [-0.39, 0.29) is 12.2 Å². The van der Waals surface area contributed by atoms with Gasteiger partial charge >= 0.3 is 0 Å². The van der Waals surface area contributed by atoms with E-state index in [1.54, 1.807) is 0 Å². The Bertz CT molecular complexity index is 670. The van der Waals surface area contributed by atoms with Crippen LogP contribution in [0.4, 0.5) is 0 Å². The summed E-state index contributed by atoms with van der Waals surface area (Å²) >= 11 is 0. The lowest BCUT2D eigenvalue weighted by Gasteiger charge is -2.23. The monoisotopic (exact) mass is 510 g/mol. The minimum Gasteiger partial charge on any atom is -0.488 e. The van der Waals surface area contributed by atoms with Crippen LogP contribution in [0, 0.1) is 0 Å². The van der Waals surface area contributed by atoms with Crippen molar-refractivity contribution in [3.63, 3.8) is 0 Å². The van der Waals surface area contributed by atoms with E-state index in [1.165, 1.54) is 89.9 Å². The molecule has 0 aliphatic rings. The van der Waals surface area contributed by atoms with Crippen molar-refractivity contribution in [2.45, 2.75) is 129 Å². The lowest BCUT2D eigenvalue weighted by Crippen LogP contribution is -2.28. The van der Waals surface area contributed by atoms with Crippen molar-refractivity contribution in [2.24, 2.45) is 0 Å². The first-order chi connectivity index (χ1) is 18.3. The zero-order valence-corrected chi connectivity index (χ0v) is 23.9. The molecular formula is C34H54O3. The van der Waals surface area contributed by atoms with Gasteiger partial charge in [0.1, 0.15) is 23.7 Å². The number of rotatable bonds is 24. The number of unbranched alkanes of at least 4 members (excludes halogenated alkanes) is 12. The summed E-state index contributed by atoms with van der Waals surface area (Å²) in [5.41, 5.74) is 0. The number of benzene rings is 2. The molecular weight excluding hydrogens is 456 g/mol. The molecule has 2 aromatic carbocycles. The Labute approximate surface area is 228 Å². The summed E-state index contributed by atoms with van der Waals surface area (Å²) < 4.78 is 19.0. The fraction of sp³-hybridized carbons (Fsp3) is 0.647. The minimum absolute atomic E-state index is 0.0778. The highest BCUT2D eigenvalue weighted by atomic mass is 16.6. The average Bonchev–Trinajstić information content (AvgIpc) is 2.93. The van der Waals surface area contributed by atoms with Gasteiger partial charge in [-0.15, -0.1) is 0 Å². The van der Waals surface area contributed by atoms with Gasteiger partial charge in [0.05, 0.1) is 13.2 Å². The summed E-state index contributed by atoms with van der Waals surface area (Å²) in [6.45, 7) is 5.76. The van der Waals surface area contributed by atoms with E-state index in [1.807, 2.05) is 60.7 Å². The van der Waals surface area contributed by atoms with Gasteiger partial charge in [-0.2, -0.15) is 0 Å². The standard InChI is InChI=1S/C34H54O3/c1-3-5-7-9-11-13-17-27-33(36-31-23-19-15-20-24-31)29-35-30-34(37-32-25-21-16-22-26-32)28-18-14-12-10-8-6-4-2/h15-16,19-26,33-34H,3-14,17-18,27-30H2,1-2H3. The number of para-hydroxylation sites is 2. The smallest absolute Gasteiger partial charge is 0.122 e. The van der Waals surface area contributed by atoms with E-state index in [2.05, 4.69) is 13.8 Å². The molecule has 0 spiro atoms. The molecule has 0 aliphatic heterocycles. The van der Waals surface area contributed by atoms with Crippen LogP contribution in [0.2, 0.25) is 0 Å². The number of hydrogen-bond donors (Lipinski definition) is 0. The highest BCUT2D eigenvalue weighted by molar-refractivity contribution is 5.22. The van der Waals surface area contributed by atoms with Crippen molar-refractivity contribution in [3.05, 3.63) is 60.7 Å². The van der Waals surface area contributed by atoms with Gasteiger partial charge in [-0.3, -0.25) is 0 Å². The molecule has 0 heterocycles. The average molecular weight is 511 g/mol. The van der Waals surface area contributed by atoms with E-state index in [9.17, 15) is 0 Å². The fourth-order valence-corrected chi connectivity index (χ4v) is 4.72. The van der Waals surface area contributed by atoms with Gasteiger partial charge in [0.25, 0.3) is 0 Å². The zero-order chi connectivity index (χ0) is 26.2. The normalized spacial score (nSPS) is 12.8. The van der Waals surface area contributed by atoms with E-state index < -0.39 is 0 Å². The van der Waals surface area contributed by atoms with Gasteiger partial charge in [0, 0.05) is 0 Å². The van der Waals surface area contributed by atoms with Crippen LogP contribution in [-0.4, -0.2) is 25.4 Å². The van der Waals surface area contributed by atoms with Crippen molar-refractivity contribution in [3.8, 4) is 11.5 Å². The Morgan fingerprint density at radius 2 is 0.811 bits per heavy atom. The molecule has 2 rings (SSSR count). The van der Waals surface area contributed by atoms with Gasteiger partial charge < -0.3 is 14.2 Å². The molecule has 0 bridgehead atoms. The summed E-state index contributed by atoms with van der Waals surface area (Å²) in [4.78, 5) is 0. The summed E-state index contributed by atoms with van der Waals surface area (Å²) in [5.74, 6) is 1.86. The van der Waals surface area contributed by atoms with Crippen LogP contribution in [-0.2, 0) is 4.74 Å². The second-order valence-electron chi connectivity index (χ2n) is 10.5. The Morgan fingerprint density at radius 1 is 0.459 bits per heavy atom. The highest BCUT2D eigenvalue weighted by Gasteiger charge is 2.15. The van der Waals surface area contributed by atoms with E-state index >= 15 is 0 Å². The third kappa shape index (κ3) is 16.5. The molecule has 3 heteroatoms. The van der Waals surface area contributed by atoms with Crippen molar-refractivity contribution >= 4 is 0 Å². The van der Waals surface area contributed by atoms with Crippen LogP contribution in [0.15, 0.2) is 60.7 Å². The maximum Gasteiger partial charge on any atom is 0.122 e. The lowest BCUT2D eigenvalue weighted by molar-refractivity contribution is 0.00244. The highest BCUT2D eigenvalue weighted by Crippen LogP contribution is 2.19. The van der Waals surface area contributed by atoms with Crippen molar-refractivity contribution in [1.29, 1.82) is 0 Å². The third-order valence-corrected chi connectivity index (χ3v) is 6.96. The van der Waals surface area contributed by atoms with Gasteiger partial charge in [-0.1, -0.05) is 127 Å². The van der Waals surface area contributed by atoms with Gasteiger partial charge in [0.2, 0.25) is 0 Å². The topological polar surface area (TPSA) is 27.7 Å². The molecule has 0 saturated carbocycles. The van der Waals surface area contributed by atoms with Crippen LogP contribution >= 0.6 is 0 Å². The number of hydrogen-bond acceptors (Lipinski definition) is 3. The Balaban J connectivity index is 1.80. The molecule has 208 valence electrons. The maximum atomic E-state index is 6.34. The van der Waals surface area contributed by atoms with Gasteiger partial charge in [-0.25, -0.2) is 0 Å². The molecule has 0 fully saturated rings. The van der Waals surface area contributed by atoms with Crippen LogP contribution in [0.5, 0.6) is 11.5 Å². The largest absolute Gasteiger partial charge is 0.488 e. The first-order valence-electron chi connectivity index (χ1n) is 15.3. The maximum absolute atomic E-state index is 6.34. The molecule has 0 N–H and O–H groups in total. The first-order valence-corrected chi connectivity index (χ1v) is 15.3. The minimum atomic E-state index is 0.0778. The Morgan fingerprint density at radius 3 is 1.19 bits per heavy atom. The molecule has 2 aromatic rings. The van der Waals surface area contributed by atoms with Gasteiger partial charge in [-0.05, 0) is 49.9 Å². The van der Waals surface area contributed by atoms with E-state index in [0.29, 0.717) is 13.2 Å². The van der Waals surface area contributed by atoms with E-state index in [0.717, 1.165) is 24.3 Å². The predicted octanol–water partition coefficient (Wildman–Crippen LogP) is 10.2. The second kappa shape index (κ2) is 22.0. The quantitative estimate of drug-likeness (QED) is 0.131. The van der Waals surface area contributed by atoms with Crippen molar-refractivity contribution < 1.29 is 14.2 Å². The molecule has 37 heavy (non-hydrogen) atoms. The Hall–Kier alpha value is -2.00. The molecule has 0 aromatic heterocycles. The van der Waals surface area contributed by atoms with Gasteiger partial charge in [0.15, 0.2) is 0 Å². The zero-order valence-electron chi connectivity index (χ0n) is 23.9. The number of ether oxygens (including phenoxy) is 3. The van der Waals surface area contributed by atoms with E-state index in [4.69, 9.17) is 14.2 Å². The fourth-order valence-electron chi connectivity index (χ4n) is 4.72. The molecule has 0 aliphatic carbocycles. The SMILES string of the molecule is CCCCCCCCCC(COCC(CCCCCCCCC)Oc1ccccc1)Oc1ccccc1. The Kier molecular flexibility index (Phi) is 18.6. The van der Waals surface area contributed by atoms with Crippen LogP contribution in [0.25, 0.3) is 0 Å². The molecule has 3 nitrogen and oxygen atoms in total. The molecule has 0 amide bonds. The van der Waals surface area contributed by atoms with Crippen molar-refractivity contribution in [1.82, 2.24) is 0 Å². The van der Waals surface area contributed by atoms with Crippen LogP contribution in [0.3, 0.4) is 0 Å².